The Hall–Kier alpha value is -3.58. The van der Waals surface area contributed by atoms with Gasteiger partial charge in [0.05, 0.1) is 23.7 Å². The lowest BCUT2D eigenvalue weighted by Gasteiger charge is -2.14. The first kappa shape index (κ1) is 22.6. The second-order valence-corrected chi connectivity index (χ2v) is 9.20. The minimum absolute atomic E-state index is 0.135. The minimum atomic E-state index is -0.394. The predicted octanol–water partition coefficient (Wildman–Crippen LogP) is 5.09. The predicted molar refractivity (Wildman–Crippen MR) is 136 cm³/mol. The second kappa shape index (κ2) is 10.4. The van der Waals surface area contributed by atoms with Crippen molar-refractivity contribution in [2.75, 3.05) is 16.4 Å². The lowest BCUT2D eigenvalue weighted by molar-refractivity contribution is -0.115. The molecule has 4 rings (SSSR count). The molecule has 33 heavy (non-hydrogen) atoms. The van der Waals surface area contributed by atoms with Crippen molar-refractivity contribution < 1.29 is 9.59 Å². The Morgan fingerprint density at radius 2 is 1.73 bits per heavy atom. The van der Waals surface area contributed by atoms with Crippen molar-refractivity contribution in [1.82, 2.24) is 9.78 Å². The Bertz CT molecular complexity index is 1260. The number of carbonyl (C=O) groups excluding carboxylic acids is 2. The third-order valence-electron chi connectivity index (χ3n) is 5.34. The fraction of sp³-hybridized carbons (Fsp3) is 0.192. The molecule has 0 spiro atoms. The molecule has 2 N–H and O–H groups in total. The first-order valence-electron chi connectivity index (χ1n) is 10.8. The third kappa shape index (κ3) is 5.81. The Balaban J connectivity index is 1.33. The maximum Gasteiger partial charge on any atom is 0.238 e. The number of amides is 2. The number of fused-ring (bicyclic) bond motifs is 1. The number of hydrogen-bond donors (Lipinski definition) is 2. The Morgan fingerprint density at radius 1 is 0.970 bits per heavy atom. The molecule has 7 heteroatoms. The summed E-state index contributed by atoms with van der Waals surface area (Å²) < 4.78 is 1.78. The fourth-order valence-corrected chi connectivity index (χ4v) is 4.18. The highest BCUT2D eigenvalue weighted by Crippen LogP contribution is 2.21. The molecule has 0 saturated heterocycles. The molecule has 1 unspecified atom stereocenters. The first-order chi connectivity index (χ1) is 16.0. The molecule has 0 saturated carbocycles. The summed E-state index contributed by atoms with van der Waals surface area (Å²) in [5, 5.41) is 12.1. The standard InChI is InChI=1S/C26H26N4O2S/c1-18-10-12-22(13-11-18)28-25(31)17-33-19(2)26(32)29-24-14-15-27-30(24)16-21-8-5-7-20-6-3-4-9-23(20)21/h3-15,19H,16-17H2,1-2H3,(H,28,31)(H,29,32). The number of aryl methyl sites for hydroxylation is 1. The number of aromatic nitrogens is 2. The third-order valence-corrected chi connectivity index (χ3v) is 6.48. The zero-order valence-corrected chi connectivity index (χ0v) is 19.4. The number of nitrogens with zero attached hydrogens (tertiary/aromatic N) is 2. The van der Waals surface area contributed by atoms with E-state index in [-0.39, 0.29) is 17.6 Å². The van der Waals surface area contributed by atoms with Crippen LogP contribution in [0.3, 0.4) is 0 Å². The number of anilines is 2. The highest BCUT2D eigenvalue weighted by atomic mass is 32.2. The van der Waals surface area contributed by atoms with E-state index in [2.05, 4.69) is 40.0 Å². The highest BCUT2D eigenvalue weighted by molar-refractivity contribution is 8.01. The molecule has 0 aliphatic rings. The summed E-state index contributed by atoms with van der Waals surface area (Å²) in [6.45, 7) is 4.34. The number of benzene rings is 3. The van der Waals surface area contributed by atoms with Gasteiger partial charge in [-0.1, -0.05) is 60.2 Å². The average molecular weight is 459 g/mol. The van der Waals surface area contributed by atoms with Gasteiger partial charge in [-0.25, -0.2) is 4.68 Å². The van der Waals surface area contributed by atoms with Gasteiger partial charge < -0.3 is 10.6 Å². The maximum absolute atomic E-state index is 12.7. The van der Waals surface area contributed by atoms with Gasteiger partial charge in [-0.2, -0.15) is 5.10 Å². The van der Waals surface area contributed by atoms with Crippen LogP contribution in [-0.4, -0.2) is 32.6 Å². The number of nitrogens with one attached hydrogen (secondary N) is 2. The summed E-state index contributed by atoms with van der Waals surface area (Å²) in [6.07, 6.45) is 1.67. The molecule has 3 aromatic carbocycles. The molecule has 1 atom stereocenters. The smallest absolute Gasteiger partial charge is 0.238 e. The van der Waals surface area contributed by atoms with Crippen molar-refractivity contribution in [2.45, 2.75) is 25.6 Å². The topological polar surface area (TPSA) is 76.0 Å². The van der Waals surface area contributed by atoms with Gasteiger partial charge in [0.2, 0.25) is 11.8 Å². The van der Waals surface area contributed by atoms with Crippen LogP contribution in [-0.2, 0) is 16.1 Å². The Labute approximate surface area is 197 Å². The molecule has 1 aromatic heterocycles. The summed E-state index contributed by atoms with van der Waals surface area (Å²) in [6, 6.07) is 23.8. The molecule has 0 radical (unpaired) electrons. The molecule has 0 fully saturated rings. The summed E-state index contributed by atoms with van der Waals surface area (Å²) in [5.74, 6) is 0.523. The molecule has 0 aliphatic carbocycles. The van der Waals surface area contributed by atoms with Crippen LogP contribution in [0.5, 0.6) is 0 Å². The van der Waals surface area contributed by atoms with Crippen LogP contribution < -0.4 is 10.6 Å². The number of carbonyl (C=O) groups is 2. The van der Waals surface area contributed by atoms with E-state index in [0.717, 1.165) is 22.2 Å². The van der Waals surface area contributed by atoms with E-state index in [1.165, 1.54) is 17.1 Å². The van der Waals surface area contributed by atoms with E-state index in [4.69, 9.17) is 0 Å². The van der Waals surface area contributed by atoms with Crippen molar-refractivity contribution in [1.29, 1.82) is 0 Å². The maximum atomic E-state index is 12.7. The number of rotatable bonds is 8. The summed E-state index contributed by atoms with van der Waals surface area (Å²) in [5.41, 5.74) is 3.01. The summed E-state index contributed by atoms with van der Waals surface area (Å²) in [7, 11) is 0. The van der Waals surface area contributed by atoms with Gasteiger partial charge in [0, 0.05) is 11.8 Å². The lowest BCUT2D eigenvalue weighted by atomic mass is 10.0. The van der Waals surface area contributed by atoms with Crippen molar-refractivity contribution in [3.05, 3.63) is 90.1 Å². The van der Waals surface area contributed by atoms with E-state index in [1.54, 1.807) is 23.9 Å². The van der Waals surface area contributed by atoms with Gasteiger partial charge in [-0.15, -0.1) is 11.8 Å². The molecule has 2 amide bonds. The molecular weight excluding hydrogens is 432 g/mol. The quantitative estimate of drug-likeness (QED) is 0.386. The second-order valence-electron chi connectivity index (χ2n) is 7.87. The first-order valence-corrected chi connectivity index (χ1v) is 11.8. The van der Waals surface area contributed by atoms with Gasteiger partial charge in [-0.05, 0) is 42.3 Å². The fourth-order valence-electron chi connectivity index (χ4n) is 3.49. The number of hydrogen-bond acceptors (Lipinski definition) is 4. The zero-order valence-electron chi connectivity index (χ0n) is 18.6. The molecule has 1 heterocycles. The van der Waals surface area contributed by atoms with Crippen molar-refractivity contribution >= 4 is 45.9 Å². The van der Waals surface area contributed by atoms with E-state index >= 15 is 0 Å². The lowest BCUT2D eigenvalue weighted by Crippen LogP contribution is -2.26. The van der Waals surface area contributed by atoms with Crippen LogP contribution in [0.25, 0.3) is 10.8 Å². The van der Waals surface area contributed by atoms with Gasteiger partial charge in [0.15, 0.2) is 0 Å². The Kier molecular flexibility index (Phi) is 7.10. The average Bonchev–Trinajstić information content (AvgIpc) is 3.25. The van der Waals surface area contributed by atoms with E-state index < -0.39 is 5.25 Å². The van der Waals surface area contributed by atoms with Crippen molar-refractivity contribution in [2.24, 2.45) is 0 Å². The summed E-state index contributed by atoms with van der Waals surface area (Å²) >= 11 is 1.29. The van der Waals surface area contributed by atoms with E-state index in [0.29, 0.717) is 12.4 Å². The number of thioether (sulfide) groups is 1. The molecule has 6 nitrogen and oxygen atoms in total. The SMILES string of the molecule is Cc1ccc(NC(=O)CSC(C)C(=O)Nc2ccnn2Cc2cccc3ccccc23)cc1. The molecule has 0 aliphatic heterocycles. The normalized spacial score (nSPS) is 11.8. The largest absolute Gasteiger partial charge is 0.325 e. The van der Waals surface area contributed by atoms with Crippen LogP contribution in [0.15, 0.2) is 79.0 Å². The highest BCUT2D eigenvalue weighted by Gasteiger charge is 2.17. The van der Waals surface area contributed by atoms with Crippen molar-refractivity contribution in [3.63, 3.8) is 0 Å². The minimum Gasteiger partial charge on any atom is -0.325 e. The van der Waals surface area contributed by atoms with Gasteiger partial charge in [-0.3, -0.25) is 9.59 Å². The monoisotopic (exact) mass is 458 g/mol. The molecular formula is C26H26N4O2S. The van der Waals surface area contributed by atoms with E-state index in [9.17, 15) is 9.59 Å². The Morgan fingerprint density at radius 3 is 2.55 bits per heavy atom. The summed E-state index contributed by atoms with van der Waals surface area (Å²) in [4.78, 5) is 25.0. The van der Waals surface area contributed by atoms with Crippen LogP contribution in [0.2, 0.25) is 0 Å². The van der Waals surface area contributed by atoms with E-state index in [1.807, 2.05) is 49.4 Å². The molecule has 168 valence electrons. The molecule has 0 bridgehead atoms. The van der Waals surface area contributed by atoms with Crippen LogP contribution in [0, 0.1) is 6.92 Å². The van der Waals surface area contributed by atoms with Crippen LogP contribution in [0.1, 0.15) is 18.1 Å². The van der Waals surface area contributed by atoms with Gasteiger partial charge >= 0.3 is 0 Å². The van der Waals surface area contributed by atoms with Crippen LogP contribution >= 0.6 is 11.8 Å². The van der Waals surface area contributed by atoms with Crippen molar-refractivity contribution in [3.8, 4) is 0 Å². The molecule has 4 aromatic rings. The zero-order chi connectivity index (χ0) is 23.2. The van der Waals surface area contributed by atoms with Gasteiger partial charge in [0.1, 0.15) is 5.82 Å². The van der Waals surface area contributed by atoms with Gasteiger partial charge in [0.25, 0.3) is 0 Å². The van der Waals surface area contributed by atoms with Crippen LogP contribution in [0.4, 0.5) is 11.5 Å².